The van der Waals surface area contributed by atoms with E-state index in [1.54, 1.807) is 23.1 Å². The van der Waals surface area contributed by atoms with Crippen molar-refractivity contribution in [3.05, 3.63) is 3.95 Å². The van der Waals surface area contributed by atoms with Crippen LogP contribution in [0.3, 0.4) is 0 Å². The smallest absolute Gasteiger partial charge is 0.185 e. The zero-order valence-electron chi connectivity index (χ0n) is 8.56. The van der Waals surface area contributed by atoms with Crippen molar-refractivity contribution in [2.45, 2.75) is 11.0 Å². The zero-order chi connectivity index (χ0) is 10.7. The molecular formula is C8H14N3OS3+. The molecule has 1 saturated heterocycles. The Morgan fingerprint density at radius 1 is 1.60 bits per heavy atom. The van der Waals surface area contributed by atoms with Crippen LogP contribution < -0.4 is 4.90 Å². The summed E-state index contributed by atoms with van der Waals surface area (Å²) in [6.07, 6.45) is 2.03. The maximum atomic E-state index is 5.32. The topological polar surface area (TPSA) is 31.5 Å². The molecule has 1 aliphatic heterocycles. The Balaban J connectivity index is 2.02. The van der Waals surface area contributed by atoms with E-state index in [2.05, 4.69) is 5.10 Å². The van der Waals surface area contributed by atoms with Crippen molar-refractivity contribution in [1.82, 2.24) is 9.78 Å². The Morgan fingerprint density at radius 2 is 2.33 bits per heavy atom. The van der Waals surface area contributed by atoms with Gasteiger partial charge in [-0.2, -0.15) is 4.68 Å². The van der Waals surface area contributed by atoms with Gasteiger partial charge in [0.15, 0.2) is 15.0 Å². The van der Waals surface area contributed by atoms with Gasteiger partial charge >= 0.3 is 0 Å². The molecule has 0 radical (unpaired) electrons. The first-order chi connectivity index (χ1) is 7.29. The summed E-state index contributed by atoms with van der Waals surface area (Å²) in [5, 5.41) is 4.45. The fraction of sp³-hybridized carbons (Fsp3) is 0.750. The van der Waals surface area contributed by atoms with Gasteiger partial charge in [-0.05, 0) is 18.5 Å². The van der Waals surface area contributed by atoms with Gasteiger partial charge in [-0.3, -0.25) is 0 Å². The summed E-state index contributed by atoms with van der Waals surface area (Å²) in [7, 11) is 0. The molecule has 0 amide bonds. The molecule has 2 rings (SSSR count). The average molecular weight is 264 g/mol. The number of ether oxygens (including phenoxy) is 1. The van der Waals surface area contributed by atoms with Crippen LogP contribution in [0, 0.1) is 3.95 Å². The lowest BCUT2D eigenvalue weighted by atomic mass is 10.4. The van der Waals surface area contributed by atoms with Gasteiger partial charge in [-0.25, -0.2) is 0 Å². The summed E-state index contributed by atoms with van der Waals surface area (Å²) in [6.45, 7) is 4.67. The van der Waals surface area contributed by atoms with Gasteiger partial charge in [0, 0.05) is 0 Å². The summed E-state index contributed by atoms with van der Waals surface area (Å²) in [4.78, 5) is 1.50. The van der Waals surface area contributed by atoms with E-state index in [1.165, 1.54) is 4.90 Å². The molecule has 0 spiro atoms. The average Bonchev–Trinajstić information content (AvgIpc) is 2.61. The molecule has 15 heavy (non-hydrogen) atoms. The third-order valence-corrected chi connectivity index (χ3v) is 4.62. The van der Waals surface area contributed by atoms with Crippen LogP contribution in [0.4, 0.5) is 0 Å². The number of morpholine rings is 1. The molecule has 1 aliphatic rings. The summed E-state index contributed by atoms with van der Waals surface area (Å²) < 4.78 is 9.18. The number of hydrogen-bond acceptors (Lipinski definition) is 5. The first kappa shape index (κ1) is 11.5. The fourth-order valence-electron chi connectivity index (χ4n) is 1.50. The van der Waals surface area contributed by atoms with Gasteiger partial charge in [0.2, 0.25) is 0 Å². The molecule has 4 nitrogen and oxygen atoms in total. The number of aromatic nitrogens is 2. The molecule has 2 heterocycles. The lowest BCUT2D eigenvalue weighted by Gasteiger charge is -2.23. The highest BCUT2D eigenvalue weighted by molar-refractivity contribution is 8.00. The molecule has 1 N–H and O–H groups in total. The second-order valence-electron chi connectivity index (χ2n) is 3.36. The SMILES string of the molecule is CSc1nn(C[NH+]2CCOCC2)c(=S)s1. The normalized spacial score (nSPS) is 18.2. The van der Waals surface area contributed by atoms with Crippen LogP contribution in [0.1, 0.15) is 0 Å². The quantitative estimate of drug-likeness (QED) is 0.627. The Hall–Kier alpha value is 0.0500. The molecule has 0 bridgehead atoms. The maximum absolute atomic E-state index is 5.32. The minimum absolute atomic E-state index is 0.849. The van der Waals surface area contributed by atoms with Crippen molar-refractivity contribution in [3.63, 3.8) is 0 Å². The van der Waals surface area contributed by atoms with E-state index in [0.717, 1.165) is 41.3 Å². The van der Waals surface area contributed by atoms with Gasteiger partial charge < -0.3 is 9.64 Å². The second-order valence-corrected chi connectivity index (χ2v) is 6.03. The van der Waals surface area contributed by atoms with Crippen molar-refractivity contribution in [1.29, 1.82) is 0 Å². The first-order valence-electron chi connectivity index (χ1n) is 4.83. The minimum Gasteiger partial charge on any atom is -0.370 e. The van der Waals surface area contributed by atoms with Crippen molar-refractivity contribution >= 4 is 35.3 Å². The number of hydrogen-bond donors (Lipinski definition) is 1. The molecule has 0 unspecified atom stereocenters. The predicted molar refractivity (Wildman–Crippen MR) is 64.2 cm³/mol. The monoisotopic (exact) mass is 264 g/mol. The van der Waals surface area contributed by atoms with Crippen LogP contribution in [0.2, 0.25) is 0 Å². The minimum atomic E-state index is 0.849. The Morgan fingerprint density at radius 3 is 2.93 bits per heavy atom. The van der Waals surface area contributed by atoms with Crippen LogP contribution >= 0.6 is 35.3 Å². The van der Waals surface area contributed by atoms with Crippen LogP contribution in [0.5, 0.6) is 0 Å². The maximum Gasteiger partial charge on any atom is 0.185 e. The summed E-state index contributed by atoms with van der Waals surface area (Å²) in [5.74, 6) is 0. The van der Waals surface area contributed by atoms with Crippen molar-refractivity contribution in [2.75, 3.05) is 32.6 Å². The predicted octanol–water partition coefficient (Wildman–Crippen LogP) is 0.269. The van der Waals surface area contributed by atoms with E-state index < -0.39 is 0 Å². The highest BCUT2D eigenvalue weighted by Gasteiger charge is 2.15. The fourth-order valence-corrected chi connectivity index (χ4v) is 3.25. The number of nitrogens with one attached hydrogen (secondary N) is 1. The highest BCUT2D eigenvalue weighted by Crippen LogP contribution is 2.18. The third kappa shape index (κ3) is 3.01. The molecular weight excluding hydrogens is 250 g/mol. The van der Waals surface area contributed by atoms with E-state index in [-0.39, 0.29) is 0 Å². The summed E-state index contributed by atoms with van der Waals surface area (Å²) in [6, 6.07) is 0. The Bertz CT molecular complexity index is 369. The number of rotatable bonds is 3. The molecule has 1 fully saturated rings. The lowest BCUT2D eigenvalue weighted by molar-refractivity contribution is -0.930. The van der Waals surface area contributed by atoms with Crippen LogP contribution in [0.15, 0.2) is 4.34 Å². The van der Waals surface area contributed by atoms with Gasteiger partial charge in [0.1, 0.15) is 13.1 Å². The first-order valence-corrected chi connectivity index (χ1v) is 7.28. The van der Waals surface area contributed by atoms with Crippen molar-refractivity contribution in [2.24, 2.45) is 0 Å². The molecule has 0 saturated carbocycles. The van der Waals surface area contributed by atoms with E-state index in [1.807, 2.05) is 10.9 Å². The molecule has 1 aromatic heterocycles. The van der Waals surface area contributed by atoms with E-state index in [0.29, 0.717) is 0 Å². The van der Waals surface area contributed by atoms with Gasteiger partial charge in [-0.15, -0.1) is 5.10 Å². The van der Waals surface area contributed by atoms with Gasteiger partial charge in [0.05, 0.1) is 13.2 Å². The van der Waals surface area contributed by atoms with Gasteiger partial charge in [0.25, 0.3) is 0 Å². The Kier molecular flexibility index (Phi) is 4.15. The number of nitrogens with zero attached hydrogens (tertiary/aromatic N) is 2. The largest absolute Gasteiger partial charge is 0.370 e. The molecule has 7 heteroatoms. The Labute approximate surface area is 102 Å². The van der Waals surface area contributed by atoms with Crippen LogP contribution in [-0.2, 0) is 11.4 Å². The molecule has 0 aromatic carbocycles. The summed E-state index contributed by atoms with van der Waals surface area (Å²) in [5.41, 5.74) is 0. The zero-order valence-corrected chi connectivity index (χ0v) is 11.0. The van der Waals surface area contributed by atoms with E-state index in [4.69, 9.17) is 17.0 Å². The van der Waals surface area contributed by atoms with Crippen LogP contribution in [-0.4, -0.2) is 42.3 Å². The second kappa shape index (κ2) is 5.40. The summed E-state index contributed by atoms with van der Waals surface area (Å²) >= 11 is 8.51. The van der Waals surface area contributed by atoms with Gasteiger partial charge in [-0.1, -0.05) is 23.1 Å². The van der Waals surface area contributed by atoms with Crippen molar-refractivity contribution in [3.8, 4) is 0 Å². The third-order valence-electron chi connectivity index (χ3n) is 2.34. The molecule has 0 atom stereocenters. The van der Waals surface area contributed by atoms with Crippen molar-refractivity contribution < 1.29 is 9.64 Å². The van der Waals surface area contributed by atoms with E-state index >= 15 is 0 Å². The van der Waals surface area contributed by atoms with Crippen LogP contribution in [0.25, 0.3) is 0 Å². The number of quaternary nitrogens is 1. The lowest BCUT2D eigenvalue weighted by Crippen LogP contribution is -3.13. The standard InChI is InChI=1S/C8H13N3OS3/c1-14-7-9-11(8(13)15-7)6-10-2-4-12-5-3-10/h2-6H2,1H3/p+1. The molecule has 0 aliphatic carbocycles. The highest BCUT2D eigenvalue weighted by atomic mass is 32.2. The number of thioether (sulfide) groups is 1. The molecule has 1 aromatic rings. The van der Waals surface area contributed by atoms with E-state index in [9.17, 15) is 0 Å². The molecule has 84 valence electrons.